The van der Waals surface area contributed by atoms with Gasteiger partial charge in [-0.2, -0.15) is 0 Å². The molecule has 0 saturated carbocycles. The Kier molecular flexibility index (Phi) is 19.2. The van der Waals surface area contributed by atoms with E-state index in [1.807, 2.05) is 0 Å². The largest absolute Gasteiger partial charge is 1.00 e. The Bertz CT molecular complexity index is 697. The number of hydrogen-bond acceptors (Lipinski definition) is 7. The van der Waals surface area contributed by atoms with Crippen LogP contribution in [0.5, 0.6) is 0 Å². The van der Waals surface area contributed by atoms with Gasteiger partial charge in [0.1, 0.15) is 0 Å². The summed E-state index contributed by atoms with van der Waals surface area (Å²) >= 11 is 0. The topological polar surface area (TPSA) is 156 Å². The maximum absolute atomic E-state index is 13.0. The summed E-state index contributed by atoms with van der Waals surface area (Å²) in [6.07, 6.45) is -0.493. The Morgan fingerprint density at radius 1 is 0.879 bits per heavy atom. The van der Waals surface area contributed by atoms with Crippen LogP contribution in [0.4, 0.5) is 0 Å². The second kappa shape index (κ2) is 16.5. The average molecular weight is 511 g/mol. The van der Waals surface area contributed by atoms with Crippen LogP contribution in [0, 0.1) is 18.8 Å². The molecule has 4 atom stereocenters. The van der Waals surface area contributed by atoms with Crippen LogP contribution < -0.4 is 69.7 Å². The molecule has 0 bridgehead atoms. The molecule has 0 saturated heterocycles. The molecule has 0 radical (unpaired) electrons. The van der Waals surface area contributed by atoms with E-state index in [9.17, 15) is 32.8 Å². The maximum atomic E-state index is 13.0. The molecule has 0 aromatic rings. The van der Waals surface area contributed by atoms with Crippen LogP contribution in [-0.2, 0) is 19.7 Å². The number of hydrogen-bond donors (Lipinski definition) is 4. The van der Waals surface area contributed by atoms with E-state index >= 15 is 0 Å². The van der Waals surface area contributed by atoms with Gasteiger partial charge in [0.05, 0.1) is 28.1 Å². The molecule has 12 heteroatoms. The van der Waals surface area contributed by atoms with Crippen molar-refractivity contribution in [2.24, 2.45) is 11.8 Å². The quantitative estimate of drug-likeness (QED) is 0.104. The van der Waals surface area contributed by atoms with Gasteiger partial charge in [-0.15, -0.1) is 0 Å². The molecule has 0 heterocycles. The molecule has 2 amide bonds. The van der Waals surface area contributed by atoms with Crippen molar-refractivity contribution < 1.29 is 91.9 Å². The molecule has 4 unspecified atom stereocenters. The van der Waals surface area contributed by atoms with Crippen molar-refractivity contribution in [1.29, 1.82) is 0 Å². The zero-order chi connectivity index (χ0) is 24.6. The number of aliphatic hydroxyl groups is 2. The fourth-order valence-corrected chi connectivity index (χ4v) is 4.26. The van der Waals surface area contributed by atoms with Crippen LogP contribution in [0.25, 0.3) is 0 Å². The van der Waals surface area contributed by atoms with Gasteiger partial charge in [0, 0.05) is 17.4 Å². The molecule has 0 rings (SSSR count). The number of nitrogens with one attached hydrogen (secondary N) is 2. The van der Waals surface area contributed by atoms with E-state index in [4.69, 9.17) is 0 Å². The molecule has 9 nitrogen and oxygen atoms in total. The van der Waals surface area contributed by atoms with Gasteiger partial charge < -0.3 is 32.3 Å². The van der Waals surface area contributed by atoms with Crippen molar-refractivity contribution in [2.75, 3.05) is 5.75 Å². The summed E-state index contributed by atoms with van der Waals surface area (Å²) < 4.78 is 33.4. The summed E-state index contributed by atoms with van der Waals surface area (Å²) in [6.45, 7) is 13.7. The average Bonchev–Trinajstić information content (AvgIpc) is 2.55. The summed E-state index contributed by atoms with van der Waals surface area (Å²) in [5, 5.41) is 25.6. The van der Waals surface area contributed by atoms with E-state index in [0.29, 0.717) is 12.8 Å². The maximum Gasteiger partial charge on any atom is 1.00 e. The first kappa shape index (κ1) is 38.3. The standard InChI is InChI=1S/C21H41N2O7S.2Na/c1-8-16(24)11-14(18(26)22-20(3,4)5)10-15(12-17(25)9-2)19(27)23-21(6,7)13-31(28,29)30;;/h14-17,24-25H,3,8-13H2,1-2,4-7H3,(H,22,26)(H,23,27)(H,28,29,30);;/q-1;2*+1/p-1. The van der Waals surface area contributed by atoms with Crippen molar-refractivity contribution in [3.8, 4) is 0 Å². The van der Waals surface area contributed by atoms with E-state index in [1.54, 1.807) is 27.7 Å². The van der Waals surface area contributed by atoms with E-state index in [2.05, 4.69) is 17.6 Å². The Hall–Kier alpha value is 0.770. The Morgan fingerprint density at radius 2 is 1.24 bits per heavy atom. The fraction of sp³-hybridized carbons (Fsp3) is 0.857. The third-order valence-corrected chi connectivity index (χ3v) is 5.90. The Labute approximate surface area is 244 Å². The van der Waals surface area contributed by atoms with Crippen molar-refractivity contribution in [3.63, 3.8) is 0 Å². The van der Waals surface area contributed by atoms with E-state index < -0.39 is 56.9 Å². The molecule has 0 fully saturated rings. The van der Waals surface area contributed by atoms with Crippen molar-refractivity contribution in [2.45, 2.75) is 96.9 Å². The van der Waals surface area contributed by atoms with E-state index in [1.165, 1.54) is 13.8 Å². The van der Waals surface area contributed by atoms with E-state index in [0.717, 1.165) is 0 Å². The minimum atomic E-state index is -4.58. The number of aliphatic hydroxyl groups excluding tert-OH is 2. The van der Waals surface area contributed by atoms with Crippen LogP contribution in [0.3, 0.4) is 0 Å². The SMILES string of the molecule is [CH2-]C(C)(C)NC(=O)C(CC(O)CC)CC(CC(O)CC)C(=O)NC(C)(C)CS(=O)(=O)[O-].[Na+].[Na+]. The van der Waals surface area contributed by atoms with Crippen molar-refractivity contribution >= 4 is 21.9 Å². The van der Waals surface area contributed by atoms with Gasteiger partial charge in [0.2, 0.25) is 11.8 Å². The zero-order valence-corrected chi connectivity index (χ0v) is 26.4. The van der Waals surface area contributed by atoms with Gasteiger partial charge in [-0.1, -0.05) is 33.2 Å². The molecule has 0 spiro atoms. The molecule has 0 aliphatic rings. The molecule has 0 aromatic heterocycles. The number of rotatable bonds is 14. The third kappa shape index (κ3) is 18.7. The van der Waals surface area contributed by atoms with Gasteiger partial charge in [0.15, 0.2) is 0 Å². The van der Waals surface area contributed by atoms with Crippen LogP contribution in [0.1, 0.15) is 73.6 Å². The summed E-state index contributed by atoms with van der Waals surface area (Å²) in [6, 6.07) is 0. The Balaban J connectivity index is -0.00000450. The van der Waals surface area contributed by atoms with Gasteiger partial charge in [-0.25, -0.2) is 8.42 Å². The number of amides is 2. The molecule has 4 N–H and O–H groups in total. The second-order valence-corrected chi connectivity index (χ2v) is 11.1. The molecule has 0 aliphatic heterocycles. The Morgan fingerprint density at radius 3 is 1.55 bits per heavy atom. The van der Waals surface area contributed by atoms with Gasteiger partial charge in [-0.3, -0.25) is 9.59 Å². The zero-order valence-electron chi connectivity index (χ0n) is 21.6. The minimum absolute atomic E-state index is 0. The first-order valence-corrected chi connectivity index (χ1v) is 12.3. The molecule has 184 valence electrons. The van der Waals surface area contributed by atoms with Crippen molar-refractivity contribution in [3.05, 3.63) is 6.92 Å². The second-order valence-electron chi connectivity index (χ2n) is 9.67. The van der Waals surface area contributed by atoms with Gasteiger partial charge in [0.25, 0.3) is 0 Å². The van der Waals surface area contributed by atoms with Crippen LogP contribution in [0.2, 0.25) is 0 Å². The summed E-state index contributed by atoms with van der Waals surface area (Å²) in [5.74, 6) is -3.25. The van der Waals surface area contributed by atoms with Crippen LogP contribution >= 0.6 is 0 Å². The predicted molar refractivity (Wildman–Crippen MR) is 118 cm³/mol. The molecular formula is C21H40N2Na2O7S. The van der Waals surface area contributed by atoms with Crippen LogP contribution in [-0.4, -0.2) is 64.0 Å². The van der Waals surface area contributed by atoms with E-state index in [-0.39, 0.29) is 84.3 Å². The molecule has 0 aliphatic carbocycles. The minimum Gasteiger partial charge on any atom is -0.748 e. The number of carbonyl (C=O) groups excluding carboxylic acids is 2. The smallest absolute Gasteiger partial charge is 0.748 e. The summed E-state index contributed by atoms with van der Waals surface area (Å²) in [7, 11) is -4.58. The predicted octanol–water partition coefficient (Wildman–Crippen LogP) is -4.89. The van der Waals surface area contributed by atoms with Gasteiger partial charge >= 0.3 is 59.1 Å². The first-order chi connectivity index (χ1) is 13.9. The molecular weight excluding hydrogens is 470 g/mol. The van der Waals surface area contributed by atoms with Crippen molar-refractivity contribution in [1.82, 2.24) is 10.6 Å². The number of carbonyl (C=O) groups is 2. The third-order valence-electron chi connectivity index (χ3n) is 4.83. The monoisotopic (exact) mass is 510 g/mol. The normalized spacial score (nSPS) is 15.8. The molecule has 0 aromatic carbocycles. The molecule has 33 heavy (non-hydrogen) atoms. The fourth-order valence-electron chi connectivity index (χ4n) is 3.30. The first-order valence-electron chi connectivity index (χ1n) is 10.7. The summed E-state index contributed by atoms with van der Waals surface area (Å²) in [4.78, 5) is 25.8. The van der Waals surface area contributed by atoms with Gasteiger partial charge in [-0.05, 0) is 46.0 Å². The summed E-state index contributed by atoms with van der Waals surface area (Å²) in [5.41, 5.74) is -2.07. The van der Waals surface area contributed by atoms with Crippen LogP contribution in [0.15, 0.2) is 0 Å².